The number of benzene rings is 2. The third kappa shape index (κ3) is 2.34. The Morgan fingerprint density at radius 1 is 1.19 bits per heavy atom. The Labute approximate surface area is 130 Å². The molecule has 1 atom stereocenters. The van der Waals surface area contributed by atoms with Gasteiger partial charge < -0.3 is 15.6 Å². The molecule has 2 aromatic rings. The first-order valence-corrected chi connectivity index (χ1v) is 7.05. The molecule has 0 aliphatic carbocycles. The van der Waals surface area contributed by atoms with Gasteiger partial charge in [-0.1, -0.05) is 34.1 Å². The van der Waals surface area contributed by atoms with Crippen molar-refractivity contribution < 1.29 is 9.84 Å². The molecule has 2 aromatic carbocycles. The number of nitrogens with two attached hydrogens (primary N) is 1. The number of ether oxygens (including phenoxy) is 1. The highest BCUT2D eigenvalue weighted by atomic mass is 79.9. The minimum absolute atomic E-state index is 0.0727. The molecule has 1 aliphatic rings. The van der Waals surface area contributed by atoms with Crippen molar-refractivity contribution in [1.29, 1.82) is 5.26 Å². The molecule has 5 heteroatoms. The lowest BCUT2D eigenvalue weighted by atomic mass is 9.83. The number of nitrogens with zero attached hydrogens (tertiary/aromatic N) is 1. The summed E-state index contributed by atoms with van der Waals surface area (Å²) in [4.78, 5) is 0. The van der Waals surface area contributed by atoms with Crippen LogP contribution in [0.25, 0.3) is 0 Å². The van der Waals surface area contributed by atoms with Gasteiger partial charge in [0.2, 0.25) is 5.88 Å². The molecule has 0 saturated carbocycles. The summed E-state index contributed by atoms with van der Waals surface area (Å²) in [5.41, 5.74) is 7.97. The zero-order chi connectivity index (χ0) is 15.0. The van der Waals surface area contributed by atoms with E-state index in [1.807, 2.05) is 24.3 Å². The van der Waals surface area contributed by atoms with E-state index in [-0.39, 0.29) is 17.6 Å². The van der Waals surface area contributed by atoms with Crippen LogP contribution in [-0.4, -0.2) is 5.11 Å². The number of allylic oxidation sites excluding steroid dienone is 1. The lowest BCUT2D eigenvalue weighted by Gasteiger charge is -2.26. The van der Waals surface area contributed by atoms with Crippen molar-refractivity contribution in [3.63, 3.8) is 0 Å². The topological polar surface area (TPSA) is 79.3 Å². The Morgan fingerprint density at radius 2 is 1.90 bits per heavy atom. The van der Waals surface area contributed by atoms with E-state index in [4.69, 9.17) is 10.5 Å². The van der Waals surface area contributed by atoms with E-state index in [2.05, 4.69) is 22.0 Å². The van der Waals surface area contributed by atoms with Crippen LogP contribution >= 0.6 is 15.9 Å². The van der Waals surface area contributed by atoms with Gasteiger partial charge in [-0.25, -0.2) is 0 Å². The first-order chi connectivity index (χ1) is 10.1. The van der Waals surface area contributed by atoms with Crippen LogP contribution in [0.15, 0.2) is 58.4 Å². The quantitative estimate of drug-likeness (QED) is 0.832. The summed E-state index contributed by atoms with van der Waals surface area (Å²) in [6, 6.07) is 14.6. The highest BCUT2D eigenvalue weighted by Gasteiger charge is 2.30. The predicted molar refractivity (Wildman–Crippen MR) is 81.5 cm³/mol. The predicted octanol–water partition coefficient (Wildman–Crippen LogP) is 3.37. The number of halogens is 1. The van der Waals surface area contributed by atoms with Gasteiger partial charge in [0.1, 0.15) is 23.1 Å². The molecule has 4 nitrogen and oxygen atoms in total. The molecule has 21 heavy (non-hydrogen) atoms. The average molecular weight is 343 g/mol. The highest BCUT2D eigenvalue weighted by molar-refractivity contribution is 9.10. The van der Waals surface area contributed by atoms with Gasteiger partial charge in [0.05, 0.1) is 5.92 Å². The van der Waals surface area contributed by atoms with Gasteiger partial charge in [0.25, 0.3) is 0 Å². The summed E-state index contributed by atoms with van der Waals surface area (Å²) in [6.45, 7) is 0. The van der Waals surface area contributed by atoms with Crippen molar-refractivity contribution in [3.8, 4) is 17.6 Å². The van der Waals surface area contributed by atoms with Gasteiger partial charge in [0, 0.05) is 16.1 Å². The van der Waals surface area contributed by atoms with Crippen molar-refractivity contribution in [3.05, 3.63) is 69.5 Å². The molecule has 0 aromatic heterocycles. The Morgan fingerprint density at radius 3 is 2.57 bits per heavy atom. The van der Waals surface area contributed by atoms with E-state index in [0.717, 1.165) is 15.6 Å². The Hall–Kier alpha value is -2.45. The lowest BCUT2D eigenvalue weighted by molar-refractivity contribution is 0.388. The average Bonchev–Trinajstić information content (AvgIpc) is 2.46. The largest absolute Gasteiger partial charge is 0.508 e. The minimum atomic E-state index is -0.299. The van der Waals surface area contributed by atoms with Crippen LogP contribution in [0.4, 0.5) is 0 Å². The van der Waals surface area contributed by atoms with Crippen molar-refractivity contribution in [2.24, 2.45) is 5.73 Å². The highest BCUT2D eigenvalue weighted by Crippen LogP contribution is 2.43. The number of aromatic hydroxyl groups is 1. The SMILES string of the molecule is N#CC1=C(N)Oc2cc(O)ccc2[C@H]1c1ccc(Br)cc1. The molecule has 1 aliphatic heterocycles. The number of rotatable bonds is 1. The number of phenols is 1. The van der Waals surface area contributed by atoms with Gasteiger partial charge in [-0.2, -0.15) is 5.26 Å². The van der Waals surface area contributed by atoms with Gasteiger partial charge in [-0.3, -0.25) is 0 Å². The second-order valence-electron chi connectivity index (χ2n) is 4.70. The molecule has 0 amide bonds. The standard InChI is InChI=1S/C16H11BrN2O2/c17-10-3-1-9(2-4-10)15-12-6-5-11(20)7-14(12)21-16(19)13(15)8-18/h1-7,15,20H,19H2/t15-/m1/s1. The van der Waals surface area contributed by atoms with Crippen LogP contribution in [0, 0.1) is 11.3 Å². The first kappa shape index (κ1) is 13.5. The Kier molecular flexibility index (Phi) is 3.32. The maximum absolute atomic E-state index is 9.58. The molecule has 0 unspecified atom stereocenters. The van der Waals surface area contributed by atoms with Crippen molar-refractivity contribution in [2.45, 2.75) is 5.92 Å². The van der Waals surface area contributed by atoms with Crippen LogP contribution in [0.5, 0.6) is 11.5 Å². The van der Waals surface area contributed by atoms with Crippen molar-refractivity contribution in [2.75, 3.05) is 0 Å². The van der Waals surface area contributed by atoms with Gasteiger partial charge in [-0.05, 0) is 23.8 Å². The monoisotopic (exact) mass is 342 g/mol. The fourth-order valence-electron chi connectivity index (χ4n) is 2.44. The summed E-state index contributed by atoms with van der Waals surface area (Å²) < 4.78 is 6.42. The summed E-state index contributed by atoms with van der Waals surface area (Å²) in [7, 11) is 0. The summed E-state index contributed by atoms with van der Waals surface area (Å²) >= 11 is 3.40. The second-order valence-corrected chi connectivity index (χ2v) is 5.61. The molecular formula is C16H11BrN2O2. The first-order valence-electron chi connectivity index (χ1n) is 6.26. The van der Waals surface area contributed by atoms with E-state index in [0.29, 0.717) is 11.3 Å². The van der Waals surface area contributed by atoms with Crippen LogP contribution < -0.4 is 10.5 Å². The van der Waals surface area contributed by atoms with Gasteiger partial charge >= 0.3 is 0 Å². The van der Waals surface area contributed by atoms with E-state index in [1.165, 1.54) is 6.07 Å². The van der Waals surface area contributed by atoms with Crippen LogP contribution in [0.2, 0.25) is 0 Å². The number of nitriles is 1. The summed E-state index contributed by atoms with van der Waals surface area (Å²) in [5.74, 6) is 0.340. The fourth-order valence-corrected chi connectivity index (χ4v) is 2.71. The van der Waals surface area contributed by atoms with E-state index >= 15 is 0 Å². The molecule has 0 bridgehead atoms. The minimum Gasteiger partial charge on any atom is -0.508 e. The Balaban J connectivity index is 2.21. The maximum atomic E-state index is 9.58. The van der Waals surface area contributed by atoms with Crippen LogP contribution in [0.3, 0.4) is 0 Å². The zero-order valence-corrected chi connectivity index (χ0v) is 12.5. The molecule has 104 valence electrons. The van der Waals surface area contributed by atoms with Crippen LogP contribution in [0.1, 0.15) is 17.0 Å². The van der Waals surface area contributed by atoms with E-state index in [1.54, 1.807) is 12.1 Å². The van der Waals surface area contributed by atoms with Gasteiger partial charge in [0.15, 0.2) is 0 Å². The molecule has 0 radical (unpaired) electrons. The van der Waals surface area contributed by atoms with E-state index in [9.17, 15) is 10.4 Å². The third-order valence-electron chi connectivity index (χ3n) is 3.41. The van der Waals surface area contributed by atoms with Crippen molar-refractivity contribution >= 4 is 15.9 Å². The molecule has 3 rings (SSSR count). The molecule has 1 heterocycles. The molecule has 0 spiro atoms. The van der Waals surface area contributed by atoms with Crippen LogP contribution in [-0.2, 0) is 0 Å². The molecule has 3 N–H and O–H groups in total. The number of hydrogen-bond acceptors (Lipinski definition) is 4. The molecular weight excluding hydrogens is 332 g/mol. The number of hydrogen-bond donors (Lipinski definition) is 2. The fraction of sp³-hybridized carbons (Fsp3) is 0.0625. The smallest absolute Gasteiger partial charge is 0.205 e. The van der Waals surface area contributed by atoms with Crippen molar-refractivity contribution in [1.82, 2.24) is 0 Å². The summed E-state index contributed by atoms with van der Waals surface area (Å²) in [6.07, 6.45) is 0. The maximum Gasteiger partial charge on any atom is 0.205 e. The summed E-state index contributed by atoms with van der Waals surface area (Å²) in [5, 5.41) is 19.0. The number of fused-ring (bicyclic) bond motifs is 1. The Bertz CT molecular complexity index is 776. The second kappa shape index (κ2) is 5.15. The van der Waals surface area contributed by atoms with E-state index < -0.39 is 0 Å². The third-order valence-corrected chi connectivity index (χ3v) is 3.93. The lowest BCUT2D eigenvalue weighted by Crippen LogP contribution is -2.20. The molecule has 0 fully saturated rings. The molecule has 0 saturated heterocycles. The van der Waals surface area contributed by atoms with Gasteiger partial charge in [-0.15, -0.1) is 0 Å². The normalized spacial score (nSPS) is 16.9. The number of phenolic OH excluding ortho intramolecular Hbond substituents is 1. The zero-order valence-electron chi connectivity index (χ0n) is 10.9.